The molecular formula is C13H16N2O4S. The van der Waals surface area contributed by atoms with Crippen molar-refractivity contribution in [2.75, 3.05) is 18.6 Å². The van der Waals surface area contributed by atoms with Gasteiger partial charge in [0.15, 0.2) is 0 Å². The molecule has 108 valence electrons. The third-order valence-electron chi connectivity index (χ3n) is 2.24. The van der Waals surface area contributed by atoms with E-state index < -0.39 is 21.8 Å². The van der Waals surface area contributed by atoms with E-state index >= 15 is 0 Å². The van der Waals surface area contributed by atoms with E-state index in [4.69, 9.17) is 5.11 Å². The number of nitrogens with zero attached hydrogens (tertiary/aromatic N) is 1. The Morgan fingerprint density at radius 2 is 2.20 bits per heavy atom. The van der Waals surface area contributed by atoms with Crippen molar-refractivity contribution in [1.82, 2.24) is 10.3 Å². The quantitative estimate of drug-likeness (QED) is 0.736. The van der Waals surface area contributed by atoms with Crippen molar-refractivity contribution in [2.45, 2.75) is 13.0 Å². The first-order chi connectivity index (χ1) is 9.31. The Bertz CT molecular complexity index is 644. The molecule has 1 rings (SSSR count). The third-order valence-corrected chi connectivity index (χ3v) is 3.35. The van der Waals surface area contributed by atoms with Gasteiger partial charge in [0.1, 0.15) is 16.4 Å². The molecule has 0 spiro atoms. The highest BCUT2D eigenvalue weighted by atomic mass is 32.2. The fraction of sp³-hybridized carbons (Fsp3) is 0.385. The van der Waals surface area contributed by atoms with Crippen LogP contribution >= 0.6 is 0 Å². The van der Waals surface area contributed by atoms with Gasteiger partial charge in [-0.2, -0.15) is 0 Å². The van der Waals surface area contributed by atoms with Gasteiger partial charge in [0.25, 0.3) is 5.91 Å². The van der Waals surface area contributed by atoms with E-state index in [2.05, 4.69) is 22.1 Å². The molecule has 0 radical (unpaired) electrons. The lowest BCUT2D eigenvalue weighted by molar-refractivity contribution is 0.0943. The fourth-order valence-electron chi connectivity index (χ4n) is 1.58. The zero-order valence-electron chi connectivity index (χ0n) is 11.3. The van der Waals surface area contributed by atoms with Crippen molar-refractivity contribution >= 4 is 15.7 Å². The van der Waals surface area contributed by atoms with Gasteiger partial charge >= 0.3 is 0 Å². The number of aliphatic hydroxyl groups is 1. The van der Waals surface area contributed by atoms with E-state index in [1.54, 1.807) is 6.92 Å². The van der Waals surface area contributed by atoms with Gasteiger partial charge in [0.2, 0.25) is 0 Å². The van der Waals surface area contributed by atoms with Crippen LogP contribution in [-0.2, 0) is 9.84 Å². The molecule has 0 aliphatic rings. The molecule has 1 heterocycles. The van der Waals surface area contributed by atoms with Crippen LogP contribution in [0.15, 0.2) is 18.5 Å². The largest absolute Gasteiger partial charge is 0.384 e. The Morgan fingerprint density at radius 3 is 2.80 bits per heavy atom. The summed E-state index contributed by atoms with van der Waals surface area (Å²) in [5.41, 5.74) is 0.789. The standard InChI is InChI=1S/C13H16N2O4S/c1-10(9-20(2,18)19)15-13(17)12-6-11(4-3-5-16)7-14-8-12/h6-8,10,16H,5,9H2,1-2H3,(H,15,17). The zero-order chi connectivity index (χ0) is 15.2. The van der Waals surface area contributed by atoms with E-state index in [1.165, 1.54) is 18.5 Å². The third kappa shape index (κ3) is 5.82. The number of nitrogens with one attached hydrogen (secondary N) is 1. The highest BCUT2D eigenvalue weighted by Crippen LogP contribution is 2.02. The van der Waals surface area contributed by atoms with Crippen LogP contribution in [0.3, 0.4) is 0 Å². The summed E-state index contributed by atoms with van der Waals surface area (Å²) in [5.74, 6) is 4.56. The minimum atomic E-state index is -3.15. The second-order valence-corrected chi connectivity index (χ2v) is 6.57. The van der Waals surface area contributed by atoms with E-state index in [0.29, 0.717) is 5.56 Å². The molecule has 0 aliphatic heterocycles. The monoisotopic (exact) mass is 296 g/mol. The maximum atomic E-state index is 11.9. The molecule has 1 aromatic rings. The number of sulfone groups is 1. The van der Waals surface area contributed by atoms with Gasteiger partial charge in [-0.3, -0.25) is 9.78 Å². The van der Waals surface area contributed by atoms with Crippen molar-refractivity contribution in [1.29, 1.82) is 0 Å². The summed E-state index contributed by atoms with van der Waals surface area (Å²) in [6, 6.07) is 1.03. The average Bonchev–Trinajstić information content (AvgIpc) is 2.34. The minimum Gasteiger partial charge on any atom is -0.384 e. The molecule has 0 bridgehead atoms. The predicted molar refractivity (Wildman–Crippen MR) is 74.8 cm³/mol. The molecule has 1 unspecified atom stereocenters. The Balaban J connectivity index is 2.77. The normalized spacial score (nSPS) is 12.2. The first-order valence-corrected chi connectivity index (χ1v) is 7.91. The number of amides is 1. The smallest absolute Gasteiger partial charge is 0.253 e. The molecule has 1 aromatic heterocycles. The fourth-order valence-corrected chi connectivity index (χ4v) is 2.57. The molecule has 0 saturated carbocycles. The Morgan fingerprint density at radius 1 is 1.50 bits per heavy atom. The van der Waals surface area contributed by atoms with Crippen LogP contribution in [0.4, 0.5) is 0 Å². The van der Waals surface area contributed by atoms with Gasteiger partial charge in [-0.1, -0.05) is 11.8 Å². The SMILES string of the molecule is CC(CS(C)(=O)=O)NC(=O)c1cncc(C#CCO)c1. The summed E-state index contributed by atoms with van der Waals surface area (Å²) >= 11 is 0. The molecule has 0 saturated heterocycles. The van der Waals surface area contributed by atoms with Gasteiger partial charge in [-0.25, -0.2) is 8.42 Å². The number of aliphatic hydroxyl groups excluding tert-OH is 1. The average molecular weight is 296 g/mol. The summed E-state index contributed by atoms with van der Waals surface area (Å²) in [5, 5.41) is 11.2. The zero-order valence-corrected chi connectivity index (χ0v) is 12.1. The molecular weight excluding hydrogens is 280 g/mol. The topological polar surface area (TPSA) is 96.4 Å². The Labute approximate surface area is 118 Å². The predicted octanol–water partition coefficient (Wildman–Crippen LogP) is -0.412. The molecule has 0 aliphatic carbocycles. The number of aromatic nitrogens is 1. The lowest BCUT2D eigenvalue weighted by atomic mass is 10.2. The van der Waals surface area contributed by atoms with Gasteiger partial charge < -0.3 is 10.4 Å². The Kier molecular flexibility index (Phi) is 5.67. The summed E-state index contributed by atoms with van der Waals surface area (Å²) in [4.78, 5) is 15.8. The molecule has 2 N–H and O–H groups in total. The summed E-state index contributed by atoms with van der Waals surface area (Å²) in [7, 11) is -3.15. The van der Waals surface area contributed by atoms with Gasteiger partial charge in [-0.05, 0) is 13.0 Å². The second kappa shape index (κ2) is 7.03. The highest BCUT2D eigenvalue weighted by molar-refractivity contribution is 7.90. The molecule has 20 heavy (non-hydrogen) atoms. The number of rotatable bonds is 4. The Hall–Kier alpha value is -1.91. The van der Waals surface area contributed by atoms with Crippen LogP contribution in [0.5, 0.6) is 0 Å². The van der Waals surface area contributed by atoms with Gasteiger partial charge in [0.05, 0.1) is 11.3 Å². The van der Waals surface area contributed by atoms with Crippen LogP contribution in [0.2, 0.25) is 0 Å². The molecule has 0 fully saturated rings. The minimum absolute atomic E-state index is 0.129. The van der Waals surface area contributed by atoms with Crippen LogP contribution < -0.4 is 5.32 Å². The van der Waals surface area contributed by atoms with Gasteiger partial charge in [-0.15, -0.1) is 0 Å². The molecule has 7 heteroatoms. The summed E-state index contributed by atoms with van der Waals surface area (Å²) < 4.78 is 22.3. The van der Waals surface area contributed by atoms with E-state index in [-0.39, 0.29) is 17.9 Å². The molecule has 0 aromatic carbocycles. The van der Waals surface area contributed by atoms with Crippen LogP contribution in [0.25, 0.3) is 0 Å². The summed E-state index contributed by atoms with van der Waals surface area (Å²) in [6.07, 6.45) is 3.95. The number of hydrogen-bond acceptors (Lipinski definition) is 5. The summed E-state index contributed by atoms with van der Waals surface area (Å²) in [6.45, 7) is 1.34. The number of carbonyl (C=O) groups is 1. The maximum absolute atomic E-state index is 11.9. The van der Waals surface area contributed by atoms with Crippen molar-refractivity contribution in [3.8, 4) is 11.8 Å². The van der Waals surface area contributed by atoms with E-state index in [0.717, 1.165) is 6.26 Å². The first-order valence-electron chi connectivity index (χ1n) is 5.85. The van der Waals surface area contributed by atoms with Crippen molar-refractivity contribution in [2.24, 2.45) is 0 Å². The highest BCUT2D eigenvalue weighted by Gasteiger charge is 2.14. The molecule has 1 amide bonds. The molecule has 1 atom stereocenters. The van der Waals surface area contributed by atoms with Crippen molar-refractivity contribution in [3.63, 3.8) is 0 Å². The number of carbonyl (C=O) groups excluding carboxylic acids is 1. The van der Waals surface area contributed by atoms with Gasteiger partial charge in [0, 0.05) is 30.3 Å². The number of pyridine rings is 1. The van der Waals surface area contributed by atoms with E-state index in [1.807, 2.05) is 0 Å². The van der Waals surface area contributed by atoms with E-state index in [9.17, 15) is 13.2 Å². The van der Waals surface area contributed by atoms with Crippen molar-refractivity contribution < 1.29 is 18.3 Å². The lowest BCUT2D eigenvalue weighted by Crippen LogP contribution is -2.37. The molecule has 6 nitrogen and oxygen atoms in total. The number of hydrogen-bond donors (Lipinski definition) is 2. The van der Waals surface area contributed by atoms with Crippen LogP contribution in [-0.4, -0.2) is 49.1 Å². The second-order valence-electron chi connectivity index (χ2n) is 4.39. The van der Waals surface area contributed by atoms with Crippen molar-refractivity contribution in [3.05, 3.63) is 29.6 Å². The lowest BCUT2D eigenvalue weighted by Gasteiger charge is -2.12. The first kappa shape index (κ1) is 16.1. The van der Waals surface area contributed by atoms with Crippen LogP contribution in [0.1, 0.15) is 22.8 Å². The maximum Gasteiger partial charge on any atom is 0.253 e. The van der Waals surface area contributed by atoms with Crippen LogP contribution in [0, 0.1) is 11.8 Å².